The molecule has 27 heavy (non-hydrogen) atoms. The van der Waals surface area contributed by atoms with Gasteiger partial charge < -0.3 is 20.4 Å². The Morgan fingerprint density at radius 1 is 1.19 bits per heavy atom. The molecule has 1 aliphatic heterocycles. The Labute approximate surface area is 166 Å². The van der Waals surface area contributed by atoms with Gasteiger partial charge in [0.15, 0.2) is 5.96 Å². The second kappa shape index (κ2) is 12.0. The second-order valence-corrected chi connectivity index (χ2v) is 7.86. The van der Waals surface area contributed by atoms with Crippen molar-refractivity contribution in [2.45, 2.75) is 58.7 Å². The third-order valence-electron chi connectivity index (χ3n) is 5.21. The van der Waals surface area contributed by atoms with Crippen molar-refractivity contribution in [1.29, 1.82) is 0 Å². The highest BCUT2D eigenvalue weighted by molar-refractivity contribution is 5.79. The zero-order valence-corrected chi connectivity index (χ0v) is 17.8. The molecule has 0 bridgehead atoms. The van der Waals surface area contributed by atoms with Gasteiger partial charge in [-0.1, -0.05) is 30.7 Å². The predicted octanol–water partition coefficient (Wildman–Crippen LogP) is 3.07. The normalized spacial score (nSPS) is 18.7. The lowest BCUT2D eigenvalue weighted by atomic mass is 10.0. The molecule has 1 aromatic carbocycles. The number of benzene rings is 1. The molecule has 5 nitrogen and oxygen atoms in total. The van der Waals surface area contributed by atoms with Crippen LogP contribution >= 0.6 is 0 Å². The largest absolute Gasteiger partial charge is 0.357 e. The topological polar surface area (TPSA) is 42.9 Å². The van der Waals surface area contributed by atoms with Gasteiger partial charge in [-0.15, -0.1) is 0 Å². The third-order valence-corrected chi connectivity index (χ3v) is 5.21. The average molecular weight is 374 g/mol. The van der Waals surface area contributed by atoms with E-state index in [9.17, 15) is 0 Å². The SMILES string of the molecule is CCNC(=NCc1ccccc1CN(C)C)NCCCN1CCCCC1C. The minimum Gasteiger partial charge on any atom is -0.357 e. The summed E-state index contributed by atoms with van der Waals surface area (Å²) in [5, 5.41) is 6.88. The number of likely N-dealkylation sites (tertiary alicyclic amines) is 1. The van der Waals surface area contributed by atoms with Crippen LogP contribution in [-0.2, 0) is 13.1 Å². The van der Waals surface area contributed by atoms with Crippen LogP contribution in [0.5, 0.6) is 0 Å². The molecular formula is C22H39N5. The quantitative estimate of drug-likeness (QED) is 0.397. The van der Waals surface area contributed by atoms with Crippen LogP contribution in [0.25, 0.3) is 0 Å². The molecule has 0 aromatic heterocycles. The summed E-state index contributed by atoms with van der Waals surface area (Å²) in [5.41, 5.74) is 2.65. The van der Waals surface area contributed by atoms with Crippen LogP contribution in [-0.4, -0.2) is 62.1 Å². The lowest BCUT2D eigenvalue weighted by Gasteiger charge is -2.33. The van der Waals surface area contributed by atoms with Crippen LogP contribution in [0, 0.1) is 0 Å². The lowest BCUT2D eigenvalue weighted by Crippen LogP contribution is -2.41. The van der Waals surface area contributed by atoms with Gasteiger partial charge in [0.05, 0.1) is 6.54 Å². The fourth-order valence-electron chi connectivity index (χ4n) is 3.69. The van der Waals surface area contributed by atoms with E-state index < -0.39 is 0 Å². The second-order valence-electron chi connectivity index (χ2n) is 7.86. The average Bonchev–Trinajstić information content (AvgIpc) is 2.65. The fraction of sp³-hybridized carbons (Fsp3) is 0.682. The summed E-state index contributed by atoms with van der Waals surface area (Å²) >= 11 is 0. The van der Waals surface area contributed by atoms with Gasteiger partial charge in [-0.05, 0) is 64.9 Å². The van der Waals surface area contributed by atoms with Crippen molar-refractivity contribution in [3.8, 4) is 0 Å². The zero-order chi connectivity index (χ0) is 19.5. The Morgan fingerprint density at radius 2 is 1.96 bits per heavy atom. The molecule has 2 rings (SSSR count). The molecule has 1 fully saturated rings. The van der Waals surface area contributed by atoms with E-state index in [1.807, 2.05) is 0 Å². The summed E-state index contributed by atoms with van der Waals surface area (Å²) in [7, 11) is 4.21. The van der Waals surface area contributed by atoms with E-state index in [0.29, 0.717) is 6.54 Å². The Kier molecular flexibility index (Phi) is 9.64. The van der Waals surface area contributed by atoms with Crippen molar-refractivity contribution in [2.24, 2.45) is 4.99 Å². The minimum absolute atomic E-state index is 0.711. The van der Waals surface area contributed by atoms with Gasteiger partial charge >= 0.3 is 0 Å². The molecule has 2 N–H and O–H groups in total. The van der Waals surface area contributed by atoms with Gasteiger partial charge in [-0.25, -0.2) is 4.99 Å². The molecule has 1 atom stereocenters. The molecule has 1 unspecified atom stereocenters. The van der Waals surface area contributed by atoms with Crippen LogP contribution in [0.1, 0.15) is 50.7 Å². The number of piperidine rings is 1. The first kappa shape index (κ1) is 21.7. The van der Waals surface area contributed by atoms with Crippen molar-refractivity contribution < 1.29 is 0 Å². The molecule has 0 saturated carbocycles. The predicted molar refractivity (Wildman–Crippen MR) is 116 cm³/mol. The van der Waals surface area contributed by atoms with Gasteiger partial charge in [0.1, 0.15) is 0 Å². The summed E-state index contributed by atoms with van der Waals surface area (Å²) in [6, 6.07) is 9.34. The van der Waals surface area contributed by atoms with E-state index in [0.717, 1.165) is 38.1 Å². The summed E-state index contributed by atoms with van der Waals surface area (Å²) in [6.45, 7) is 10.4. The molecule has 1 heterocycles. The van der Waals surface area contributed by atoms with Gasteiger partial charge in [-0.3, -0.25) is 0 Å². The molecule has 152 valence electrons. The van der Waals surface area contributed by atoms with E-state index in [4.69, 9.17) is 4.99 Å². The molecular weight excluding hydrogens is 334 g/mol. The number of rotatable bonds is 9. The number of nitrogens with zero attached hydrogens (tertiary/aromatic N) is 3. The molecule has 1 aromatic rings. The number of hydrogen-bond donors (Lipinski definition) is 2. The van der Waals surface area contributed by atoms with Crippen molar-refractivity contribution in [1.82, 2.24) is 20.4 Å². The van der Waals surface area contributed by atoms with Crippen molar-refractivity contribution in [2.75, 3.05) is 40.3 Å². The van der Waals surface area contributed by atoms with Crippen LogP contribution in [0.3, 0.4) is 0 Å². The van der Waals surface area contributed by atoms with Crippen molar-refractivity contribution in [3.05, 3.63) is 35.4 Å². The van der Waals surface area contributed by atoms with Gasteiger partial charge in [0.25, 0.3) is 0 Å². The van der Waals surface area contributed by atoms with E-state index in [-0.39, 0.29) is 0 Å². The molecule has 0 radical (unpaired) electrons. The standard InChI is InChI=1S/C22H39N5/c1-5-23-22(24-14-10-16-27-15-9-8-11-19(27)2)25-17-20-12-6-7-13-21(20)18-26(3)4/h6-7,12-13,19H,5,8-11,14-18H2,1-4H3,(H2,23,24,25). The summed E-state index contributed by atoms with van der Waals surface area (Å²) in [6.07, 6.45) is 5.26. The highest BCUT2D eigenvalue weighted by Crippen LogP contribution is 2.16. The van der Waals surface area contributed by atoms with E-state index in [1.165, 1.54) is 43.5 Å². The molecule has 1 saturated heterocycles. The van der Waals surface area contributed by atoms with E-state index in [1.54, 1.807) is 0 Å². The number of hydrogen-bond acceptors (Lipinski definition) is 3. The first-order valence-electron chi connectivity index (χ1n) is 10.6. The maximum absolute atomic E-state index is 4.81. The number of guanidine groups is 1. The summed E-state index contributed by atoms with van der Waals surface area (Å²) < 4.78 is 0. The zero-order valence-electron chi connectivity index (χ0n) is 17.8. The summed E-state index contributed by atoms with van der Waals surface area (Å²) in [5.74, 6) is 0.920. The highest BCUT2D eigenvalue weighted by Gasteiger charge is 2.17. The molecule has 0 spiro atoms. The molecule has 5 heteroatoms. The van der Waals surface area contributed by atoms with Gasteiger partial charge in [-0.2, -0.15) is 0 Å². The Hall–Kier alpha value is -1.59. The van der Waals surface area contributed by atoms with Gasteiger partial charge in [0.2, 0.25) is 0 Å². The van der Waals surface area contributed by atoms with Gasteiger partial charge in [0, 0.05) is 32.2 Å². The van der Waals surface area contributed by atoms with E-state index >= 15 is 0 Å². The molecule has 1 aliphatic rings. The number of aliphatic imine (C=N–C) groups is 1. The maximum Gasteiger partial charge on any atom is 0.191 e. The Bertz CT molecular complexity index is 570. The highest BCUT2D eigenvalue weighted by atomic mass is 15.2. The lowest BCUT2D eigenvalue weighted by molar-refractivity contribution is 0.159. The van der Waals surface area contributed by atoms with E-state index in [2.05, 4.69) is 72.6 Å². The van der Waals surface area contributed by atoms with Crippen molar-refractivity contribution >= 4 is 5.96 Å². The van der Waals surface area contributed by atoms with Crippen LogP contribution in [0.2, 0.25) is 0 Å². The maximum atomic E-state index is 4.81. The van der Waals surface area contributed by atoms with Crippen molar-refractivity contribution in [3.63, 3.8) is 0 Å². The first-order chi connectivity index (χ1) is 13.1. The smallest absolute Gasteiger partial charge is 0.191 e. The van der Waals surface area contributed by atoms with Crippen LogP contribution in [0.4, 0.5) is 0 Å². The third kappa shape index (κ3) is 7.89. The monoisotopic (exact) mass is 373 g/mol. The van der Waals surface area contributed by atoms with Crippen LogP contribution in [0.15, 0.2) is 29.3 Å². The molecule has 0 aliphatic carbocycles. The number of nitrogens with one attached hydrogen (secondary N) is 2. The first-order valence-corrected chi connectivity index (χ1v) is 10.6. The molecule has 0 amide bonds. The van der Waals surface area contributed by atoms with Crippen LogP contribution < -0.4 is 10.6 Å². The summed E-state index contributed by atoms with van der Waals surface area (Å²) in [4.78, 5) is 9.65. The Balaban J connectivity index is 1.83. The Morgan fingerprint density at radius 3 is 2.67 bits per heavy atom. The minimum atomic E-state index is 0.711. The fourth-order valence-corrected chi connectivity index (χ4v) is 3.69.